The van der Waals surface area contributed by atoms with Gasteiger partial charge in [-0.3, -0.25) is 4.21 Å². The van der Waals surface area contributed by atoms with Crippen LogP contribution in [0.4, 0.5) is 0 Å². The van der Waals surface area contributed by atoms with Crippen LogP contribution in [0, 0.1) is 0 Å². The first kappa shape index (κ1) is 9.73. The maximum absolute atomic E-state index is 11.5. The predicted molar refractivity (Wildman–Crippen MR) is 51.1 cm³/mol. The predicted octanol–water partition coefficient (Wildman–Crippen LogP) is 0.541. The Morgan fingerprint density at radius 1 is 1.46 bits per heavy atom. The Balaban J connectivity index is 2.70. The summed E-state index contributed by atoms with van der Waals surface area (Å²) in [5, 5.41) is 11.0. The van der Waals surface area contributed by atoms with Crippen LogP contribution >= 0.6 is 0 Å². The van der Waals surface area contributed by atoms with Crippen molar-refractivity contribution in [1.29, 1.82) is 0 Å². The van der Waals surface area contributed by atoms with Gasteiger partial charge in [0, 0.05) is 4.90 Å². The lowest BCUT2D eigenvalue weighted by Crippen LogP contribution is -2.20. The summed E-state index contributed by atoms with van der Waals surface area (Å²) in [6, 6.07) is 8.89. The van der Waals surface area contributed by atoms with Crippen molar-refractivity contribution in [1.82, 2.24) is 0 Å². The van der Waals surface area contributed by atoms with Gasteiger partial charge in [-0.1, -0.05) is 23.4 Å². The lowest BCUT2D eigenvalue weighted by molar-refractivity contribution is 0.318. The molecule has 0 saturated heterocycles. The fraction of sp³-hybridized carbons (Fsp3) is 0.125. The highest BCUT2D eigenvalue weighted by Crippen LogP contribution is 2.04. The highest BCUT2D eigenvalue weighted by Gasteiger charge is 2.04. The molecule has 4 nitrogen and oxygen atoms in total. The Hall–Kier alpha value is -1.36. The van der Waals surface area contributed by atoms with Crippen LogP contribution in [0.15, 0.2) is 40.4 Å². The monoisotopic (exact) mass is 198 g/mol. The average Bonchev–Trinajstić information content (AvgIpc) is 2.19. The van der Waals surface area contributed by atoms with E-state index in [1.165, 1.54) is 0 Å². The van der Waals surface area contributed by atoms with Gasteiger partial charge in [0.15, 0.2) is 5.84 Å². The fourth-order valence-corrected chi connectivity index (χ4v) is 1.77. The summed E-state index contributed by atoms with van der Waals surface area (Å²) in [4.78, 5) is 0.675. The summed E-state index contributed by atoms with van der Waals surface area (Å²) in [7, 11) is -1.23. The van der Waals surface area contributed by atoms with Crippen LogP contribution < -0.4 is 5.73 Å². The van der Waals surface area contributed by atoms with Crippen LogP contribution in [0.5, 0.6) is 0 Å². The summed E-state index contributed by atoms with van der Waals surface area (Å²) in [5.74, 6) is 0.0303. The molecule has 1 atom stereocenters. The van der Waals surface area contributed by atoms with Gasteiger partial charge in [-0.2, -0.15) is 0 Å². The first-order valence-electron chi connectivity index (χ1n) is 3.64. The molecule has 70 valence electrons. The minimum atomic E-state index is -1.23. The van der Waals surface area contributed by atoms with Gasteiger partial charge in [-0.25, -0.2) is 0 Å². The molecule has 0 spiro atoms. The topological polar surface area (TPSA) is 75.7 Å². The van der Waals surface area contributed by atoms with E-state index in [4.69, 9.17) is 10.9 Å². The third-order valence-electron chi connectivity index (χ3n) is 1.41. The second-order valence-electron chi connectivity index (χ2n) is 2.39. The number of oxime groups is 1. The fourth-order valence-electron chi connectivity index (χ4n) is 0.819. The van der Waals surface area contributed by atoms with Crippen molar-refractivity contribution < 1.29 is 9.42 Å². The molecular formula is C8H10N2O2S. The van der Waals surface area contributed by atoms with Gasteiger partial charge in [0.1, 0.15) is 0 Å². The van der Waals surface area contributed by atoms with E-state index in [1.54, 1.807) is 24.3 Å². The van der Waals surface area contributed by atoms with Crippen LogP contribution in [0.1, 0.15) is 0 Å². The van der Waals surface area contributed by atoms with E-state index in [-0.39, 0.29) is 11.6 Å². The minimum absolute atomic E-state index is 0.0258. The van der Waals surface area contributed by atoms with E-state index in [0.29, 0.717) is 4.90 Å². The number of benzene rings is 1. The molecule has 0 fully saturated rings. The van der Waals surface area contributed by atoms with Gasteiger partial charge >= 0.3 is 0 Å². The lowest BCUT2D eigenvalue weighted by Gasteiger charge is -1.99. The van der Waals surface area contributed by atoms with Crippen LogP contribution in [0.3, 0.4) is 0 Å². The third kappa shape index (κ3) is 2.87. The lowest BCUT2D eigenvalue weighted by atomic mass is 10.4. The third-order valence-corrected chi connectivity index (χ3v) is 2.77. The van der Waals surface area contributed by atoms with Crippen molar-refractivity contribution in [2.45, 2.75) is 4.90 Å². The van der Waals surface area contributed by atoms with Crippen LogP contribution in [0.25, 0.3) is 0 Å². The van der Waals surface area contributed by atoms with E-state index in [0.717, 1.165) is 0 Å². The van der Waals surface area contributed by atoms with Gasteiger partial charge in [-0.05, 0) is 12.1 Å². The Morgan fingerprint density at radius 2 is 2.08 bits per heavy atom. The van der Waals surface area contributed by atoms with E-state index in [2.05, 4.69) is 5.16 Å². The molecule has 1 aromatic rings. The molecule has 0 saturated carbocycles. The molecule has 0 aliphatic rings. The first-order valence-corrected chi connectivity index (χ1v) is 4.95. The second-order valence-corrected chi connectivity index (χ2v) is 3.85. The van der Waals surface area contributed by atoms with Crippen LogP contribution in [-0.2, 0) is 10.8 Å². The molecule has 0 heterocycles. The molecule has 3 N–H and O–H groups in total. The van der Waals surface area contributed by atoms with Gasteiger partial charge < -0.3 is 10.9 Å². The van der Waals surface area contributed by atoms with Crippen molar-refractivity contribution >= 4 is 16.6 Å². The molecule has 0 radical (unpaired) electrons. The van der Waals surface area contributed by atoms with Crippen molar-refractivity contribution in [3.05, 3.63) is 30.3 Å². The SMILES string of the molecule is N/C(C[S@@](=O)c1ccccc1)=N\O. The van der Waals surface area contributed by atoms with Crippen molar-refractivity contribution in [2.75, 3.05) is 5.75 Å². The number of rotatable bonds is 3. The molecule has 0 amide bonds. The highest BCUT2D eigenvalue weighted by atomic mass is 32.2. The normalized spacial score (nSPS) is 14.0. The van der Waals surface area contributed by atoms with E-state index in [1.807, 2.05) is 6.07 Å². The zero-order valence-corrected chi connectivity index (χ0v) is 7.70. The molecule has 13 heavy (non-hydrogen) atoms. The molecule has 0 aromatic heterocycles. The van der Waals surface area contributed by atoms with Crippen molar-refractivity contribution in [2.24, 2.45) is 10.9 Å². The summed E-state index contributed by atoms with van der Waals surface area (Å²) in [6.07, 6.45) is 0. The number of nitrogens with two attached hydrogens (primary N) is 1. The second kappa shape index (κ2) is 4.61. The zero-order chi connectivity index (χ0) is 9.68. The summed E-state index contributed by atoms with van der Waals surface area (Å²) in [5.41, 5.74) is 5.22. The van der Waals surface area contributed by atoms with Crippen LogP contribution in [0.2, 0.25) is 0 Å². The zero-order valence-electron chi connectivity index (χ0n) is 6.88. The van der Waals surface area contributed by atoms with E-state index < -0.39 is 10.8 Å². The average molecular weight is 198 g/mol. The Bertz CT molecular complexity index is 324. The van der Waals surface area contributed by atoms with Gasteiger partial charge in [-0.15, -0.1) is 0 Å². The van der Waals surface area contributed by atoms with E-state index >= 15 is 0 Å². The van der Waals surface area contributed by atoms with Crippen molar-refractivity contribution in [3.63, 3.8) is 0 Å². The summed E-state index contributed by atoms with van der Waals surface area (Å²) >= 11 is 0. The number of hydrogen-bond donors (Lipinski definition) is 2. The quantitative estimate of drug-likeness (QED) is 0.322. The Kier molecular flexibility index (Phi) is 3.45. The number of nitrogens with zero attached hydrogens (tertiary/aromatic N) is 1. The minimum Gasteiger partial charge on any atom is -0.409 e. The highest BCUT2D eigenvalue weighted by molar-refractivity contribution is 7.85. The first-order chi connectivity index (χ1) is 6.24. The number of amidine groups is 1. The summed E-state index contributed by atoms with van der Waals surface area (Å²) < 4.78 is 11.5. The molecular weight excluding hydrogens is 188 g/mol. The Labute approximate surface area is 78.5 Å². The number of hydrogen-bond acceptors (Lipinski definition) is 3. The standard InChI is InChI=1S/C8H10N2O2S/c9-8(10-11)6-13(12)7-4-2-1-3-5-7/h1-5,11H,6H2,(H2,9,10)/t13-/m1/s1. The molecule has 1 rings (SSSR count). The molecule has 0 unspecified atom stereocenters. The van der Waals surface area contributed by atoms with Crippen LogP contribution in [-0.4, -0.2) is 21.0 Å². The molecule has 0 bridgehead atoms. The smallest absolute Gasteiger partial charge is 0.152 e. The largest absolute Gasteiger partial charge is 0.409 e. The molecule has 1 aromatic carbocycles. The van der Waals surface area contributed by atoms with Crippen molar-refractivity contribution in [3.8, 4) is 0 Å². The molecule has 0 aliphatic heterocycles. The van der Waals surface area contributed by atoms with Gasteiger partial charge in [0.05, 0.1) is 16.6 Å². The van der Waals surface area contributed by atoms with Gasteiger partial charge in [0.2, 0.25) is 0 Å². The summed E-state index contributed by atoms with van der Waals surface area (Å²) in [6.45, 7) is 0. The Morgan fingerprint density at radius 3 is 2.62 bits per heavy atom. The molecule has 0 aliphatic carbocycles. The van der Waals surface area contributed by atoms with E-state index in [9.17, 15) is 4.21 Å². The maximum atomic E-state index is 11.5. The molecule has 5 heteroatoms. The maximum Gasteiger partial charge on any atom is 0.152 e. The van der Waals surface area contributed by atoms with Gasteiger partial charge in [0.25, 0.3) is 0 Å².